The summed E-state index contributed by atoms with van der Waals surface area (Å²) in [5, 5.41) is 14.3. The van der Waals surface area contributed by atoms with Crippen LogP contribution in [-0.4, -0.2) is 44.8 Å². The molecule has 184 valence electrons. The average molecular weight is 477 g/mol. The Morgan fingerprint density at radius 3 is 2.26 bits per heavy atom. The molecule has 2 aromatic rings. The molecule has 4 aliphatic carbocycles. The number of hydrogen-bond acceptors (Lipinski definition) is 5. The lowest BCUT2D eigenvalue weighted by atomic mass is 9.48. The van der Waals surface area contributed by atoms with E-state index in [0.717, 1.165) is 22.3 Å². The van der Waals surface area contributed by atoms with Gasteiger partial charge in [0, 0.05) is 25.0 Å². The zero-order chi connectivity index (χ0) is 23.7. The summed E-state index contributed by atoms with van der Waals surface area (Å²) in [4.78, 5) is 15.1. The Morgan fingerprint density at radius 1 is 1.06 bits per heavy atom. The number of hydrogen-bond donors (Lipinski definition) is 1. The second kappa shape index (κ2) is 7.81. The van der Waals surface area contributed by atoms with Gasteiger partial charge in [0.15, 0.2) is 5.65 Å². The molecule has 1 N–H and O–H groups in total. The Morgan fingerprint density at radius 2 is 1.68 bits per heavy atom. The molecule has 0 unspecified atom stereocenters. The Balaban J connectivity index is 1.09. The number of fused-ring (bicyclic) bond motifs is 1. The summed E-state index contributed by atoms with van der Waals surface area (Å²) in [6, 6.07) is 3.36. The van der Waals surface area contributed by atoms with Crippen LogP contribution in [0.25, 0.3) is 5.65 Å². The normalized spacial score (nSPS) is 32.4. The van der Waals surface area contributed by atoms with E-state index in [0.29, 0.717) is 31.7 Å². The lowest BCUT2D eigenvalue weighted by Gasteiger charge is -2.59. The van der Waals surface area contributed by atoms with Crippen molar-refractivity contribution in [1.82, 2.24) is 25.1 Å². The maximum atomic E-state index is 13.2. The molecule has 5 aliphatic rings. The van der Waals surface area contributed by atoms with Crippen molar-refractivity contribution in [2.45, 2.75) is 70.5 Å². The van der Waals surface area contributed by atoms with Gasteiger partial charge in [-0.3, -0.25) is 4.79 Å². The van der Waals surface area contributed by atoms with E-state index in [2.05, 4.69) is 27.5 Å². The lowest BCUT2D eigenvalue weighted by molar-refractivity contribution is -0.146. The first kappa shape index (κ1) is 22.1. The van der Waals surface area contributed by atoms with E-state index >= 15 is 0 Å². The minimum absolute atomic E-state index is 0.0593. The monoisotopic (exact) mass is 476 g/mol. The minimum Gasteiger partial charge on any atom is -0.355 e. The number of carbonyl (C=O) groups excluding carboxylic acids is 1. The van der Waals surface area contributed by atoms with E-state index in [1.54, 1.807) is 6.07 Å². The van der Waals surface area contributed by atoms with Crippen molar-refractivity contribution in [3.8, 4) is 0 Å². The summed E-state index contributed by atoms with van der Waals surface area (Å²) < 4.78 is 40.3. The zero-order valence-electron chi connectivity index (χ0n) is 19.4. The molecule has 1 atom stereocenters. The van der Waals surface area contributed by atoms with Crippen molar-refractivity contribution in [3.05, 3.63) is 18.0 Å². The van der Waals surface area contributed by atoms with Gasteiger partial charge in [-0.2, -0.15) is 17.7 Å². The van der Waals surface area contributed by atoms with Gasteiger partial charge in [-0.15, -0.1) is 15.3 Å². The van der Waals surface area contributed by atoms with Gasteiger partial charge in [0.2, 0.25) is 5.91 Å². The topological polar surface area (TPSA) is 75.4 Å². The third-order valence-corrected chi connectivity index (χ3v) is 9.05. The van der Waals surface area contributed by atoms with Crippen molar-refractivity contribution < 1.29 is 18.0 Å². The van der Waals surface area contributed by atoms with Crippen molar-refractivity contribution in [3.63, 3.8) is 0 Å². The number of piperidine rings is 1. The predicted octanol–water partition coefficient (Wildman–Crippen LogP) is 4.08. The molecule has 0 aromatic carbocycles. The van der Waals surface area contributed by atoms with Crippen molar-refractivity contribution >= 4 is 17.4 Å². The maximum Gasteiger partial charge on any atom is 0.453 e. The Labute approximate surface area is 196 Å². The highest BCUT2D eigenvalue weighted by Gasteiger charge is 2.53. The van der Waals surface area contributed by atoms with Gasteiger partial charge < -0.3 is 10.2 Å². The Kier molecular flexibility index (Phi) is 5.08. The smallest absolute Gasteiger partial charge is 0.355 e. The largest absolute Gasteiger partial charge is 0.453 e. The minimum atomic E-state index is -4.62. The summed E-state index contributed by atoms with van der Waals surface area (Å²) in [5.41, 5.74) is 0.337. The highest BCUT2D eigenvalue weighted by atomic mass is 19.4. The molecule has 10 heteroatoms. The number of amides is 1. The van der Waals surface area contributed by atoms with Crippen molar-refractivity contribution in [1.29, 1.82) is 0 Å². The van der Waals surface area contributed by atoms with Crippen molar-refractivity contribution in [2.75, 3.05) is 18.0 Å². The fraction of sp³-hybridized carbons (Fsp3) is 0.750. The van der Waals surface area contributed by atoms with Gasteiger partial charge in [0.1, 0.15) is 5.82 Å². The molecule has 1 saturated heterocycles. The van der Waals surface area contributed by atoms with E-state index in [1.807, 2.05) is 4.90 Å². The summed E-state index contributed by atoms with van der Waals surface area (Å²) in [7, 11) is 0. The van der Waals surface area contributed by atoms with Crippen LogP contribution in [0.15, 0.2) is 12.1 Å². The van der Waals surface area contributed by atoms with Crippen LogP contribution < -0.4 is 10.2 Å². The molecule has 0 radical (unpaired) electrons. The predicted molar refractivity (Wildman–Crippen MR) is 119 cm³/mol. The molecule has 1 aliphatic heterocycles. The van der Waals surface area contributed by atoms with E-state index < -0.39 is 12.0 Å². The molecule has 3 heterocycles. The zero-order valence-corrected chi connectivity index (χ0v) is 19.4. The number of anilines is 1. The molecule has 4 saturated carbocycles. The van der Waals surface area contributed by atoms with Crippen LogP contribution in [-0.2, 0) is 11.0 Å². The quantitative estimate of drug-likeness (QED) is 0.720. The number of nitrogens with zero attached hydrogens (tertiary/aromatic N) is 5. The Bertz CT molecular complexity index is 1050. The van der Waals surface area contributed by atoms with Crippen LogP contribution in [0, 0.1) is 29.1 Å². The fourth-order valence-corrected chi connectivity index (χ4v) is 7.69. The first-order valence-corrected chi connectivity index (χ1v) is 12.6. The SMILES string of the molecule is C[C@@H](NC(=O)C1CCN(c2ccc3nnc(C(F)(F)F)n3n2)CC1)C12CC3CC(CC(C3)C1)C2. The van der Waals surface area contributed by atoms with Gasteiger partial charge in [0.25, 0.3) is 5.82 Å². The van der Waals surface area contributed by atoms with E-state index in [9.17, 15) is 18.0 Å². The van der Waals surface area contributed by atoms with E-state index in [4.69, 9.17) is 0 Å². The number of rotatable bonds is 4. The van der Waals surface area contributed by atoms with Crippen LogP contribution in [0.4, 0.5) is 19.0 Å². The van der Waals surface area contributed by atoms with Crippen LogP contribution >= 0.6 is 0 Å². The van der Waals surface area contributed by atoms with Crippen LogP contribution in [0.5, 0.6) is 0 Å². The molecule has 7 nitrogen and oxygen atoms in total. The highest BCUT2D eigenvalue weighted by molar-refractivity contribution is 5.79. The highest BCUT2D eigenvalue weighted by Crippen LogP contribution is 2.61. The van der Waals surface area contributed by atoms with Crippen LogP contribution in [0.3, 0.4) is 0 Å². The third kappa shape index (κ3) is 3.73. The lowest BCUT2D eigenvalue weighted by Crippen LogP contribution is -2.56. The van der Waals surface area contributed by atoms with Crippen LogP contribution in [0.2, 0.25) is 0 Å². The van der Waals surface area contributed by atoms with Gasteiger partial charge in [-0.05, 0) is 93.6 Å². The number of aromatic nitrogens is 4. The molecular weight excluding hydrogens is 445 g/mol. The second-order valence-corrected chi connectivity index (χ2v) is 11.3. The molecule has 34 heavy (non-hydrogen) atoms. The van der Waals surface area contributed by atoms with Gasteiger partial charge in [-0.1, -0.05) is 0 Å². The molecular formula is C24H31F3N6O. The second-order valence-electron chi connectivity index (χ2n) is 11.3. The molecule has 5 fully saturated rings. The maximum absolute atomic E-state index is 13.2. The third-order valence-electron chi connectivity index (χ3n) is 9.05. The number of carbonyl (C=O) groups is 1. The van der Waals surface area contributed by atoms with Gasteiger partial charge >= 0.3 is 6.18 Å². The number of alkyl halides is 3. The van der Waals surface area contributed by atoms with Crippen LogP contribution in [0.1, 0.15) is 64.1 Å². The van der Waals surface area contributed by atoms with Gasteiger partial charge in [-0.25, -0.2) is 0 Å². The number of nitrogens with one attached hydrogen (secondary N) is 1. The Hall–Kier alpha value is -2.39. The standard InChI is InChI=1S/C24H31F3N6O/c1-14(23-11-15-8-16(12-23)10-17(9-15)13-23)28-21(34)18-4-6-32(7-5-18)20-3-2-19-29-30-22(24(25,26)27)33(19)31-20/h2-3,14-18H,4-13H2,1H3,(H,28,34)/t14-,15?,16?,17?,23?/m1/s1. The van der Waals surface area contributed by atoms with Crippen molar-refractivity contribution in [2.24, 2.45) is 29.1 Å². The first-order chi connectivity index (χ1) is 16.2. The number of halogens is 3. The summed E-state index contributed by atoms with van der Waals surface area (Å²) in [5.74, 6) is 1.92. The van der Waals surface area contributed by atoms with Gasteiger partial charge in [0.05, 0.1) is 0 Å². The fourth-order valence-electron chi connectivity index (χ4n) is 7.69. The molecule has 0 spiro atoms. The van der Waals surface area contributed by atoms with E-state index in [1.165, 1.54) is 44.6 Å². The molecule has 1 amide bonds. The summed E-state index contributed by atoms with van der Waals surface area (Å²) in [6.45, 7) is 3.36. The first-order valence-electron chi connectivity index (χ1n) is 12.6. The average Bonchev–Trinajstić information content (AvgIpc) is 3.22. The molecule has 2 aromatic heterocycles. The molecule has 4 bridgehead atoms. The summed E-state index contributed by atoms with van der Waals surface area (Å²) in [6.07, 6.45) is 4.64. The van der Waals surface area contributed by atoms with E-state index in [-0.39, 0.29) is 28.9 Å². The summed E-state index contributed by atoms with van der Waals surface area (Å²) >= 11 is 0. The molecule has 7 rings (SSSR count).